The van der Waals surface area contributed by atoms with E-state index < -0.39 is 0 Å². The predicted molar refractivity (Wildman–Crippen MR) is 59.5 cm³/mol. The highest BCUT2D eigenvalue weighted by atomic mass is 16.6. The van der Waals surface area contributed by atoms with E-state index in [1.807, 2.05) is 0 Å². The van der Waals surface area contributed by atoms with Crippen LogP contribution in [0.25, 0.3) is 0 Å². The van der Waals surface area contributed by atoms with Gasteiger partial charge in [0.05, 0.1) is 4.92 Å². The molecule has 0 fully saturated rings. The van der Waals surface area contributed by atoms with E-state index in [4.69, 9.17) is 4.74 Å². The fraction of sp³-hybridized carbons (Fsp3) is 0.455. The Hall–Kier alpha value is -1.62. The first kappa shape index (κ1) is 10.9. The van der Waals surface area contributed by atoms with Crippen molar-refractivity contribution in [3.8, 4) is 5.75 Å². The molecular weight excluding hydrogens is 208 g/mol. The number of nitrogens with zero attached hydrogens (tertiary/aromatic N) is 1. The van der Waals surface area contributed by atoms with Gasteiger partial charge in [-0.25, -0.2) is 0 Å². The van der Waals surface area contributed by atoms with Crippen LogP contribution in [-0.4, -0.2) is 17.6 Å². The molecule has 16 heavy (non-hydrogen) atoms. The van der Waals surface area contributed by atoms with Gasteiger partial charge in [0.2, 0.25) is 0 Å². The Balaban J connectivity index is 2.30. The fourth-order valence-electron chi connectivity index (χ4n) is 1.75. The summed E-state index contributed by atoms with van der Waals surface area (Å²) < 4.78 is 5.76. The third-order valence-corrected chi connectivity index (χ3v) is 2.69. The average Bonchev–Trinajstić information content (AvgIpc) is 2.49. The van der Waals surface area contributed by atoms with Crippen LogP contribution in [0.2, 0.25) is 0 Å². The first-order valence-corrected chi connectivity index (χ1v) is 5.35. The van der Waals surface area contributed by atoms with Crippen LogP contribution in [0.15, 0.2) is 18.2 Å². The Morgan fingerprint density at radius 2 is 2.44 bits per heavy atom. The molecule has 0 radical (unpaired) electrons. The molecule has 1 aromatic rings. The molecule has 1 aromatic carbocycles. The number of non-ortho nitro benzene ring substituents is 1. The molecule has 86 valence electrons. The standard InChI is InChI=1S/C11H14N2O3/c1-2-10-7-12-6-8-5-9(13(14)15)3-4-11(8)16-10/h3-5,10,12H,2,6-7H2,1H3. The number of benzene rings is 1. The highest BCUT2D eigenvalue weighted by Gasteiger charge is 2.18. The van der Waals surface area contributed by atoms with Crippen LogP contribution in [0, 0.1) is 10.1 Å². The van der Waals surface area contributed by atoms with Gasteiger partial charge in [0.1, 0.15) is 11.9 Å². The number of hydrogen-bond acceptors (Lipinski definition) is 4. The SMILES string of the molecule is CCC1CNCc2cc([N+](=O)[O-])ccc2O1. The minimum Gasteiger partial charge on any atom is -0.489 e. The second kappa shape index (κ2) is 4.49. The maximum Gasteiger partial charge on any atom is 0.270 e. The maximum absolute atomic E-state index is 10.6. The molecule has 0 aliphatic carbocycles. The quantitative estimate of drug-likeness (QED) is 0.612. The van der Waals surface area contributed by atoms with Gasteiger partial charge in [-0.2, -0.15) is 0 Å². The molecule has 0 spiro atoms. The lowest BCUT2D eigenvalue weighted by Gasteiger charge is -2.14. The van der Waals surface area contributed by atoms with Gasteiger partial charge in [-0.05, 0) is 12.5 Å². The van der Waals surface area contributed by atoms with Gasteiger partial charge in [-0.1, -0.05) is 6.92 Å². The summed E-state index contributed by atoms with van der Waals surface area (Å²) in [6, 6.07) is 4.74. The molecule has 1 aliphatic heterocycles. The molecule has 1 aliphatic rings. The van der Waals surface area contributed by atoms with Crippen molar-refractivity contribution in [2.45, 2.75) is 26.0 Å². The largest absolute Gasteiger partial charge is 0.489 e. The molecule has 1 heterocycles. The minimum absolute atomic E-state index is 0.110. The van der Waals surface area contributed by atoms with E-state index in [1.165, 1.54) is 6.07 Å². The van der Waals surface area contributed by atoms with Crippen molar-refractivity contribution >= 4 is 5.69 Å². The van der Waals surface area contributed by atoms with E-state index in [-0.39, 0.29) is 16.7 Å². The third kappa shape index (κ3) is 2.14. The van der Waals surface area contributed by atoms with E-state index in [2.05, 4.69) is 12.2 Å². The highest BCUT2D eigenvalue weighted by molar-refractivity contribution is 5.44. The third-order valence-electron chi connectivity index (χ3n) is 2.69. The smallest absolute Gasteiger partial charge is 0.270 e. The molecule has 1 atom stereocenters. The van der Waals surface area contributed by atoms with Crippen LogP contribution in [-0.2, 0) is 6.54 Å². The van der Waals surface area contributed by atoms with Crippen molar-refractivity contribution in [1.29, 1.82) is 0 Å². The number of fused-ring (bicyclic) bond motifs is 1. The van der Waals surface area contributed by atoms with E-state index in [1.54, 1.807) is 12.1 Å². The van der Waals surface area contributed by atoms with Crippen LogP contribution in [0.3, 0.4) is 0 Å². The lowest BCUT2D eigenvalue weighted by molar-refractivity contribution is -0.384. The Kier molecular flexibility index (Phi) is 3.05. The zero-order chi connectivity index (χ0) is 11.5. The van der Waals surface area contributed by atoms with Gasteiger partial charge in [0.15, 0.2) is 0 Å². The van der Waals surface area contributed by atoms with Gasteiger partial charge in [-0.3, -0.25) is 10.1 Å². The molecule has 0 aromatic heterocycles. The Morgan fingerprint density at radius 1 is 1.62 bits per heavy atom. The number of rotatable bonds is 2. The lowest BCUT2D eigenvalue weighted by Crippen LogP contribution is -2.27. The molecular formula is C11H14N2O3. The average molecular weight is 222 g/mol. The highest BCUT2D eigenvalue weighted by Crippen LogP contribution is 2.26. The zero-order valence-electron chi connectivity index (χ0n) is 9.10. The number of ether oxygens (including phenoxy) is 1. The second-order valence-corrected chi connectivity index (χ2v) is 3.83. The van der Waals surface area contributed by atoms with Crippen molar-refractivity contribution in [3.05, 3.63) is 33.9 Å². The zero-order valence-corrected chi connectivity index (χ0v) is 9.10. The summed E-state index contributed by atoms with van der Waals surface area (Å²) in [5.41, 5.74) is 0.962. The van der Waals surface area contributed by atoms with Crippen LogP contribution in [0.4, 0.5) is 5.69 Å². The van der Waals surface area contributed by atoms with Crippen molar-refractivity contribution in [2.75, 3.05) is 6.54 Å². The van der Waals surface area contributed by atoms with Crippen LogP contribution >= 0.6 is 0 Å². The van der Waals surface area contributed by atoms with Gasteiger partial charge in [-0.15, -0.1) is 0 Å². The molecule has 0 saturated heterocycles. The number of nitro groups is 1. The molecule has 1 unspecified atom stereocenters. The summed E-state index contributed by atoms with van der Waals surface area (Å²) in [5.74, 6) is 0.752. The molecule has 2 rings (SSSR count). The summed E-state index contributed by atoms with van der Waals surface area (Å²) in [5, 5.41) is 13.9. The predicted octanol–water partition coefficient (Wildman–Crippen LogP) is 1.86. The fourth-order valence-corrected chi connectivity index (χ4v) is 1.75. The molecule has 0 saturated carbocycles. The summed E-state index contributed by atoms with van der Waals surface area (Å²) >= 11 is 0. The van der Waals surface area contributed by atoms with Gasteiger partial charge in [0, 0.05) is 30.8 Å². The maximum atomic E-state index is 10.6. The topological polar surface area (TPSA) is 64.4 Å². The monoisotopic (exact) mass is 222 g/mol. The normalized spacial score (nSPS) is 19.4. The Morgan fingerprint density at radius 3 is 3.12 bits per heavy atom. The van der Waals surface area contributed by atoms with Crippen molar-refractivity contribution in [1.82, 2.24) is 5.32 Å². The van der Waals surface area contributed by atoms with E-state index >= 15 is 0 Å². The second-order valence-electron chi connectivity index (χ2n) is 3.83. The summed E-state index contributed by atoms with van der Waals surface area (Å²) in [6.45, 7) is 3.45. The van der Waals surface area contributed by atoms with Crippen LogP contribution in [0.1, 0.15) is 18.9 Å². The van der Waals surface area contributed by atoms with Gasteiger partial charge in [0.25, 0.3) is 5.69 Å². The Labute approximate surface area is 93.6 Å². The molecule has 0 amide bonds. The molecule has 5 nitrogen and oxygen atoms in total. The van der Waals surface area contributed by atoms with Crippen LogP contribution < -0.4 is 10.1 Å². The van der Waals surface area contributed by atoms with Crippen molar-refractivity contribution in [3.63, 3.8) is 0 Å². The van der Waals surface area contributed by atoms with Crippen LogP contribution in [0.5, 0.6) is 5.75 Å². The molecule has 1 N–H and O–H groups in total. The molecule has 0 bridgehead atoms. The summed E-state index contributed by atoms with van der Waals surface area (Å²) in [4.78, 5) is 10.3. The van der Waals surface area contributed by atoms with Gasteiger partial charge >= 0.3 is 0 Å². The molecule has 5 heteroatoms. The summed E-state index contributed by atoms with van der Waals surface area (Å²) in [7, 11) is 0. The first-order valence-electron chi connectivity index (χ1n) is 5.35. The van der Waals surface area contributed by atoms with E-state index in [9.17, 15) is 10.1 Å². The van der Waals surface area contributed by atoms with E-state index in [0.717, 1.165) is 24.3 Å². The first-order chi connectivity index (χ1) is 7.70. The minimum atomic E-state index is -0.386. The van der Waals surface area contributed by atoms with Crippen molar-refractivity contribution < 1.29 is 9.66 Å². The number of nitro benzene ring substituents is 1. The van der Waals surface area contributed by atoms with Crippen molar-refractivity contribution in [2.24, 2.45) is 0 Å². The Bertz CT molecular complexity index is 406. The summed E-state index contributed by atoms with van der Waals surface area (Å²) in [6.07, 6.45) is 1.06. The number of hydrogen-bond donors (Lipinski definition) is 1. The van der Waals surface area contributed by atoms with E-state index in [0.29, 0.717) is 6.54 Å². The van der Waals surface area contributed by atoms with Gasteiger partial charge < -0.3 is 10.1 Å². The number of nitrogens with one attached hydrogen (secondary N) is 1. The lowest BCUT2D eigenvalue weighted by atomic mass is 10.2.